The molecule has 4 aromatic rings. The predicted molar refractivity (Wildman–Crippen MR) is 95.8 cm³/mol. The molecular weight excluding hydrogens is 374 g/mol. The Morgan fingerprint density at radius 1 is 1.08 bits per heavy atom. The van der Waals surface area contributed by atoms with Crippen LogP contribution in [-0.4, -0.2) is 23.1 Å². The highest BCUT2D eigenvalue weighted by atomic mass is 79.9. The maximum atomic E-state index is 11.4. The van der Waals surface area contributed by atoms with Gasteiger partial charge in [0.15, 0.2) is 5.58 Å². The van der Waals surface area contributed by atoms with Gasteiger partial charge in [0.2, 0.25) is 0 Å². The Balaban J connectivity index is 1.81. The third kappa shape index (κ3) is 1.98. The summed E-state index contributed by atoms with van der Waals surface area (Å²) in [5.74, 6) is 0.398. The lowest BCUT2D eigenvalue weighted by Crippen LogP contribution is -2.08. The molecule has 0 aliphatic carbocycles. The summed E-state index contributed by atoms with van der Waals surface area (Å²) in [6.07, 6.45) is 0. The molecule has 24 heavy (non-hydrogen) atoms. The summed E-state index contributed by atoms with van der Waals surface area (Å²) in [4.78, 5) is 17.5. The van der Waals surface area contributed by atoms with Crippen molar-refractivity contribution in [1.29, 1.82) is 0 Å². The summed E-state index contributed by atoms with van der Waals surface area (Å²) < 4.78 is 11.9. The first-order valence-electron chi connectivity index (χ1n) is 7.54. The molecule has 0 fully saturated rings. The molecule has 0 radical (unpaired) electrons. The van der Waals surface area contributed by atoms with Crippen molar-refractivity contribution in [2.75, 3.05) is 18.5 Å². The highest BCUT2D eigenvalue weighted by molar-refractivity contribution is 9.10. The lowest BCUT2D eigenvalue weighted by molar-refractivity contribution is 0.339. The number of hydrogen-bond donors (Lipinski definition) is 3. The molecule has 1 aliphatic rings. The van der Waals surface area contributed by atoms with E-state index in [1.807, 2.05) is 24.3 Å². The lowest BCUT2D eigenvalue weighted by atomic mass is 10.1. The minimum atomic E-state index is -0.449. The Bertz CT molecular complexity index is 1160. The number of H-pyrrole nitrogens is 2. The second kappa shape index (κ2) is 4.91. The van der Waals surface area contributed by atoms with Crippen LogP contribution in [0.1, 0.15) is 0 Å². The van der Waals surface area contributed by atoms with Crippen LogP contribution in [0.5, 0.6) is 5.75 Å². The van der Waals surface area contributed by atoms with E-state index in [4.69, 9.17) is 9.15 Å². The molecule has 2 aromatic heterocycles. The number of ether oxygens (including phenoxy) is 1. The summed E-state index contributed by atoms with van der Waals surface area (Å²) in [7, 11) is 0. The lowest BCUT2D eigenvalue weighted by Gasteiger charge is -2.05. The molecule has 2 aromatic carbocycles. The number of halogens is 1. The number of benzene rings is 2. The van der Waals surface area contributed by atoms with E-state index in [0.717, 1.165) is 44.6 Å². The third-order valence-corrected chi connectivity index (χ3v) is 4.65. The van der Waals surface area contributed by atoms with Gasteiger partial charge in [0.1, 0.15) is 12.4 Å². The van der Waals surface area contributed by atoms with Gasteiger partial charge in [0.25, 0.3) is 0 Å². The SMILES string of the molecule is O=c1[nH]c2cc(-c3[nH]c4cc(Br)cc5c4c3NCCO5)ccc2o1. The largest absolute Gasteiger partial charge is 0.491 e. The summed E-state index contributed by atoms with van der Waals surface area (Å²) >= 11 is 3.53. The molecule has 0 atom stereocenters. The molecule has 5 rings (SSSR count). The van der Waals surface area contributed by atoms with Crippen molar-refractivity contribution in [3.8, 4) is 17.0 Å². The van der Waals surface area contributed by atoms with Gasteiger partial charge in [-0.15, -0.1) is 0 Å². The fourth-order valence-electron chi connectivity index (χ4n) is 3.21. The van der Waals surface area contributed by atoms with Gasteiger partial charge in [-0.25, -0.2) is 4.79 Å². The Morgan fingerprint density at radius 3 is 2.92 bits per heavy atom. The fraction of sp³-hybridized carbons (Fsp3) is 0.118. The van der Waals surface area contributed by atoms with Crippen LogP contribution in [0, 0.1) is 0 Å². The first kappa shape index (κ1) is 13.7. The zero-order valence-corrected chi connectivity index (χ0v) is 14.0. The van der Waals surface area contributed by atoms with Crippen molar-refractivity contribution in [2.45, 2.75) is 0 Å². The van der Waals surface area contributed by atoms with Crippen LogP contribution in [0.25, 0.3) is 33.3 Å². The minimum Gasteiger partial charge on any atom is -0.491 e. The Kier molecular flexibility index (Phi) is 2.81. The number of hydrogen-bond acceptors (Lipinski definition) is 4. The van der Waals surface area contributed by atoms with E-state index in [1.165, 1.54) is 0 Å². The standard InChI is InChI=1S/C17H12BrN3O3/c18-9-6-11-14-13(7-9)23-4-3-19-16(14)15(20-11)8-1-2-12-10(5-8)21-17(22)24-12/h1-2,5-7,19-20H,3-4H2,(H,21,22). The molecule has 1 aliphatic heterocycles. The van der Waals surface area contributed by atoms with Gasteiger partial charge in [0, 0.05) is 16.6 Å². The van der Waals surface area contributed by atoms with E-state index in [0.29, 0.717) is 17.7 Å². The number of oxazole rings is 1. The molecular formula is C17H12BrN3O3. The normalized spacial score (nSPS) is 13.7. The predicted octanol–water partition coefficient (Wildman–Crippen LogP) is 3.84. The number of aromatic amines is 2. The van der Waals surface area contributed by atoms with Crippen LogP contribution in [0.3, 0.4) is 0 Å². The zero-order valence-electron chi connectivity index (χ0n) is 12.4. The first-order chi connectivity index (χ1) is 11.7. The van der Waals surface area contributed by atoms with Gasteiger partial charge in [0.05, 0.1) is 27.8 Å². The topological polar surface area (TPSA) is 83.0 Å². The van der Waals surface area contributed by atoms with Crippen molar-refractivity contribution in [3.63, 3.8) is 0 Å². The number of aromatic nitrogens is 2. The summed E-state index contributed by atoms with van der Waals surface area (Å²) in [6.45, 7) is 1.32. The Labute approximate surface area is 143 Å². The molecule has 3 heterocycles. The molecule has 0 saturated carbocycles. The van der Waals surface area contributed by atoms with Gasteiger partial charge < -0.3 is 19.5 Å². The molecule has 0 bridgehead atoms. The van der Waals surface area contributed by atoms with Gasteiger partial charge in [-0.05, 0) is 30.3 Å². The van der Waals surface area contributed by atoms with Crippen LogP contribution >= 0.6 is 15.9 Å². The fourth-order valence-corrected chi connectivity index (χ4v) is 3.65. The second-order valence-electron chi connectivity index (χ2n) is 5.70. The minimum absolute atomic E-state index is 0.449. The van der Waals surface area contributed by atoms with Gasteiger partial charge in [-0.2, -0.15) is 0 Å². The molecule has 3 N–H and O–H groups in total. The monoisotopic (exact) mass is 385 g/mol. The van der Waals surface area contributed by atoms with Crippen LogP contribution in [0.15, 0.2) is 44.0 Å². The number of nitrogens with one attached hydrogen (secondary N) is 3. The molecule has 0 unspecified atom stereocenters. The molecule has 7 heteroatoms. The van der Waals surface area contributed by atoms with Crippen LogP contribution in [-0.2, 0) is 0 Å². The Morgan fingerprint density at radius 2 is 2.00 bits per heavy atom. The van der Waals surface area contributed by atoms with E-state index in [2.05, 4.69) is 31.2 Å². The van der Waals surface area contributed by atoms with Gasteiger partial charge >= 0.3 is 5.76 Å². The van der Waals surface area contributed by atoms with Crippen molar-refractivity contribution in [3.05, 3.63) is 45.4 Å². The highest BCUT2D eigenvalue weighted by Gasteiger charge is 2.20. The third-order valence-electron chi connectivity index (χ3n) is 4.20. The zero-order chi connectivity index (χ0) is 16.3. The molecule has 0 amide bonds. The van der Waals surface area contributed by atoms with Crippen LogP contribution in [0.2, 0.25) is 0 Å². The van der Waals surface area contributed by atoms with E-state index >= 15 is 0 Å². The van der Waals surface area contributed by atoms with E-state index in [9.17, 15) is 4.79 Å². The van der Waals surface area contributed by atoms with Crippen molar-refractivity contribution >= 4 is 43.6 Å². The van der Waals surface area contributed by atoms with E-state index in [1.54, 1.807) is 6.07 Å². The summed E-state index contributed by atoms with van der Waals surface area (Å²) in [5.41, 5.74) is 5.14. The molecule has 120 valence electrons. The number of anilines is 1. The van der Waals surface area contributed by atoms with Gasteiger partial charge in [-0.1, -0.05) is 15.9 Å². The maximum Gasteiger partial charge on any atom is 0.417 e. The number of fused-ring (bicyclic) bond motifs is 1. The average Bonchev–Trinajstić information content (AvgIpc) is 3.02. The molecule has 0 saturated heterocycles. The van der Waals surface area contributed by atoms with Crippen molar-refractivity contribution in [2.24, 2.45) is 0 Å². The number of rotatable bonds is 1. The van der Waals surface area contributed by atoms with Crippen LogP contribution < -0.4 is 15.8 Å². The highest BCUT2D eigenvalue weighted by Crippen LogP contribution is 2.42. The van der Waals surface area contributed by atoms with Crippen molar-refractivity contribution in [1.82, 2.24) is 9.97 Å². The Hall–Kier alpha value is -2.67. The summed E-state index contributed by atoms with van der Waals surface area (Å²) in [5, 5.41) is 4.48. The quantitative estimate of drug-likeness (QED) is 0.464. The molecule has 0 spiro atoms. The maximum absolute atomic E-state index is 11.4. The smallest absolute Gasteiger partial charge is 0.417 e. The van der Waals surface area contributed by atoms with E-state index < -0.39 is 5.76 Å². The average molecular weight is 386 g/mol. The van der Waals surface area contributed by atoms with Gasteiger partial charge in [-0.3, -0.25) is 4.98 Å². The molecule has 6 nitrogen and oxygen atoms in total. The van der Waals surface area contributed by atoms with E-state index in [-0.39, 0.29) is 0 Å². The van der Waals surface area contributed by atoms with Crippen molar-refractivity contribution < 1.29 is 9.15 Å². The first-order valence-corrected chi connectivity index (χ1v) is 8.33. The second-order valence-corrected chi connectivity index (χ2v) is 6.62. The van der Waals surface area contributed by atoms with Crippen LogP contribution in [0.4, 0.5) is 5.69 Å². The summed E-state index contributed by atoms with van der Waals surface area (Å²) in [6, 6.07) is 9.64.